The van der Waals surface area contributed by atoms with Gasteiger partial charge in [0.25, 0.3) is 0 Å². The summed E-state index contributed by atoms with van der Waals surface area (Å²) in [5.74, 6) is 0.0974. The molecule has 0 radical (unpaired) electrons. The van der Waals surface area contributed by atoms with E-state index in [4.69, 9.17) is 11.6 Å². The van der Waals surface area contributed by atoms with Crippen LogP contribution in [0.5, 0.6) is 0 Å². The van der Waals surface area contributed by atoms with Crippen molar-refractivity contribution in [3.8, 4) is 5.69 Å². The summed E-state index contributed by atoms with van der Waals surface area (Å²) in [6, 6.07) is 15.5. The van der Waals surface area contributed by atoms with Crippen molar-refractivity contribution in [1.82, 2.24) is 25.1 Å². The SMILES string of the molecule is C[C@H](Sc1nnnn1-c1ccc(Cl)cc1)C(=O)N1CCc2ccccc2C1. The standard InChI is InChI=1S/C19H18ClN5OS/c1-13(18(26)24-11-10-14-4-2-3-5-15(14)12-24)27-19-21-22-23-25(19)17-8-6-16(20)7-9-17/h2-9,13H,10-12H2,1H3/t13-/m0/s1. The Balaban J connectivity index is 1.47. The number of halogens is 1. The van der Waals surface area contributed by atoms with Crippen LogP contribution in [0.25, 0.3) is 5.69 Å². The van der Waals surface area contributed by atoms with Gasteiger partial charge in [0.15, 0.2) is 0 Å². The van der Waals surface area contributed by atoms with Crippen LogP contribution in [0.3, 0.4) is 0 Å². The van der Waals surface area contributed by atoms with Gasteiger partial charge in [-0.2, -0.15) is 4.68 Å². The lowest BCUT2D eigenvalue weighted by Crippen LogP contribution is -2.40. The summed E-state index contributed by atoms with van der Waals surface area (Å²) in [7, 11) is 0. The second-order valence-electron chi connectivity index (χ2n) is 6.39. The fourth-order valence-corrected chi connectivity index (χ4v) is 4.16. The molecule has 0 fully saturated rings. The Morgan fingerprint density at radius 2 is 1.89 bits per heavy atom. The normalized spacial score (nSPS) is 14.7. The third-order valence-electron chi connectivity index (χ3n) is 4.58. The number of thioether (sulfide) groups is 1. The summed E-state index contributed by atoms with van der Waals surface area (Å²) in [6.45, 7) is 3.29. The largest absolute Gasteiger partial charge is 0.337 e. The Hall–Kier alpha value is -2.38. The van der Waals surface area contributed by atoms with E-state index in [1.165, 1.54) is 22.9 Å². The van der Waals surface area contributed by atoms with Crippen molar-refractivity contribution in [3.63, 3.8) is 0 Å². The first kappa shape index (κ1) is 18.0. The summed E-state index contributed by atoms with van der Waals surface area (Å²) in [5, 5.41) is 12.8. The van der Waals surface area contributed by atoms with Crippen LogP contribution in [-0.2, 0) is 17.8 Å². The molecular formula is C19H18ClN5OS. The van der Waals surface area contributed by atoms with Gasteiger partial charge in [0.1, 0.15) is 0 Å². The lowest BCUT2D eigenvalue weighted by atomic mass is 10.00. The molecule has 0 N–H and O–H groups in total. The van der Waals surface area contributed by atoms with Crippen LogP contribution in [-0.4, -0.2) is 42.8 Å². The lowest BCUT2D eigenvalue weighted by Gasteiger charge is -2.30. The number of carbonyl (C=O) groups is 1. The Morgan fingerprint density at radius 1 is 1.15 bits per heavy atom. The van der Waals surface area contributed by atoms with Gasteiger partial charge in [0.2, 0.25) is 11.1 Å². The van der Waals surface area contributed by atoms with Gasteiger partial charge >= 0.3 is 0 Å². The van der Waals surface area contributed by atoms with Gasteiger partial charge in [0, 0.05) is 18.1 Å². The quantitative estimate of drug-likeness (QED) is 0.629. The molecule has 138 valence electrons. The van der Waals surface area contributed by atoms with E-state index in [1.807, 2.05) is 36.1 Å². The lowest BCUT2D eigenvalue weighted by molar-refractivity contribution is -0.131. The maximum absolute atomic E-state index is 12.9. The van der Waals surface area contributed by atoms with Crippen LogP contribution in [0.4, 0.5) is 0 Å². The molecule has 3 aromatic rings. The Bertz CT molecular complexity index is 959. The average Bonchev–Trinajstić information content (AvgIpc) is 3.15. The van der Waals surface area contributed by atoms with Crippen molar-refractivity contribution >= 4 is 29.3 Å². The third kappa shape index (κ3) is 3.84. The number of carbonyl (C=O) groups excluding carboxylic acids is 1. The Morgan fingerprint density at radius 3 is 2.67 bits per heavy atom. The fraction of sp³-hybridized carbons (Fsp3) is 0.263. The van der Waals surface area contributed by atoms with Crippen LogP contribution < -0.4 is 0 Å². The molecule has 0 saturated heterocycles. The number of tetrazole rings is 1. The summed E-state index contributed by atoms with van der Waals surface area (Å²) < 4.78 is 1.62. The number of hydrogen-bond acceptors (Lipinski definition) is 5. The average molecular weight is 400 g/mol. The Kier molecular flexibility index (Phi) is 5.13. The predicted molar refractivity (Wildman–Crippen MR) is 105 cm³/mol. The first-order chi connectivity index (χ1) is 13.1. The maximum atomic E-state index is 12.9. The molecule has 1 aliphatic rings. The van der Waals surface area contributed by atoms with Crippen molar-refractivity contribution in [3.05, 3.63) is 64.7 Å². The van der Waals surface area contributed by atoms with E-state index >= 15 is 0 Å². The summed E-state index contributed by atoms with van der Waals surface area (Å²) in [4.78, 5) is 14.8. The second-order valence-corrected chi connectivity index (χ2v) is 8.13. The molecule has 0 aliphatic carbocycles. The van der Waals surface area contributed by atoms with E-state index in [0.717, 1.165) is 18.7 Å². The van der Waals surface area contributed by atoms with E-state index in [2.05, 4.69) is 27.7 Å². The van der Waals surface area contributed by atoms with Crippen molar-refractivity contribution in [1.29, 1.82) is 0 Å². The minimum Gasteiger partial charge on any atom is -0.337 e. The second kappa shape index (κ2) is 7.70. The van der Waals surface area contributed by atoms with Gasteiger partial charge in [0.05, 0.1) is 10.9 Å². The zero-order valence-corrected chi connectivity index (χ0v) is 16.3. The molecule has 2 heterocycles. The molecule has 1 aliphatic heterocycles. The summed E-state index contributed by atoms with van der Waals surface area (Å²) >= 11 is 7.31. The highest BCUT2D eigenvalue weighted by Gasteiger charge is 2.26. The van der Waals surface area contributed by atoms with E-state index < -0.39 is 0 Å². The van der Waals surface area contributed by atoms with Gasteiger partial charge < -0.3 is 4.90 Å². The van der Waals surface area contributed by atoms with E-state index in [-0.39, 0.29) is 11.2 Å². The fourth-order valence-electron chi connectivity index (χ4n) is 3.15. The van der Waals surface area contributed by atoms with Gasteiger partial charge in [-0.05, 0) is 59.2 Å². The molecule has 8 heteroatoms. The number of nitrogens with zero attached hydrogens (tertiary/aromatic N) is 5. The molecule has 0 bridgehead atoms. The molecule has 27 heavy (non-hydrogen) atoms. The summed E-state index contributed by atoms with van der Waals surface area (Å²) in [6.07, 6.45) is 0.891. The highest BCUT2D eigenvalue weighted by Crippen LogP contribution is 2.27. The van der Waals surface area contributed by atoms with Crippen LogP contribution in [0.2, 0.25) is 5.02 Å². The molecule has 1 amide bonds. The van der Waals surface area contributed by atoms with Crippen LogP contribution in [0.1, 0.15) is 18.1 Å². The number of benzene rings is 2. The van der Waals surface area contributed by atoms with Crippen molar-refractivity contribution < 1.29 is 4.79 Å². The summed E-state index contributed by atoms with van der Waals surface area (Å²) in [5.41, 5.74) is 3.35. The minimum atomic E-state index is -0.285. The van der Waals surface area contributed by atoms with Gasteiger partial charge in [-0.3, -0.25) is 4.79 Å². The maximum Gasteiger partial charge on any atom is 0.236 e. The molecule has 0 spiro atoms. The van der Waals surface area contributed by atoms with Crippen LogP contribution in [0, 0.1) is 0 Å². The molecule has 0 saturated carbocycles. The number of amides is 1. The highest BCUT2D eigenvalue weighted by atomic mass is 35.5. The van der Waals surface area contributed by atoms with Crippen molar-refractivity contribution in [2.75, 3.05) is 6.54 Å². The Labute approximate surface area is 166 Å². The van der Waals surface area contributed by atoms with Gasteiger partial charge in [-0.15, -0.1) is 5.10 Å². The van der Waals surface area contributed by atoms with E-state index in [9.17, 15) is 4.79 Å². The molecule has 0 unspecified atom stereocenters. The number of hydrogen-bond donors (Lipinski definition) is 0. The number of aromatic nitrogens is 4. The van der Waals surface area contributed by atoms with Gasteiger partial charge in [-0.1, -0.05) is 47.6 Å². The third-order valence-corrected chi connectivity index (χ3v) is 5.86. The highest BCUT2D eigenvalue weighted by molar-refractivity contribution is 8.00. The zero-order valence-electron chi connectivity index (χ0n) is 14.7. The first-order valence-corrected chi connectivity index (χ1v) is 9.94. The molecule has 1 aromatic heterocycles. The minimum absolute atomic E-state index is 0.0974. The molecule has 2 aromatic carbocycles. The zero-order chi connectivity index (χ0) is 18.8. The first-order valence-electron chi connectivity index (χ1n) is 8.68. The molecule has 4 rings (SSSR count). The smallest absolute Gasteiger partial charge is 0.236 e. The van der Waals surface area contributed by atoms with Crippen LogP contribution in [0.15, 0.2) is 53.7 Å². The van der Waals surface area contributed by atoms with Crippen molar-refractivity contribution in [2.24, 2.45) is 0 Å². The molecule has 1 atom stereocenters. The molecule has 6 nitrogen and oxygen atoms in total. The van der Waals surface area contributed by atoms with E-state index in [1.54, 1.807) is 16.8 Å². The predicted octanol–water partition coefficient (Wildman–Crippen LogP) is 3.38. The monoisotopic (exact) mass is 399 g/mol. The van der Waals surface area contributed by atoms with Crippen LogP contribution >= 0.6 is 23.4 Å². The van der Waals surface area contributed by atoms with Gasteiger partial charge in [-0.25, -0.2) is 0 Å². The topological polar surface area (TPSA) is 63.9 Å². The van der Waals surface area contributed by atoms with Crippen molar-refractivity contribution in [2.45, 2.75) is 30.3 Å². The number of rotatable bonds is 4. The van der Waals surface area contributed by atoms with E-state index in [0.29, 0.717) is 16.7 Å². The number of fused-ring (bicyclic) bond motifs is 1. The molecular weight excluding hydrogens is 382 g/mol.